The fourth-order valence-electron chi connectivity index (χ4n) is 2.18. The van der Waals surface area contributed by atoms with Crippen LogP contribution in [-0.2, 0) is 13.0 Å². The van der Waals surface area contributed by atoms with Crippen LogP contribution in [0.1, 0.15) is 34.7 Å². The molecule has 0 atom stereocenters. The molecule has 0 radical (unpaired) electrons. The lowest BCUT2D eigenvalue weighted by Crippen LogP contribution is -2.38. The van der Waals surface area contributed by atoms with Gasteiger partial charge >= 0.3 is 0 Å². The molecule has 0 fully saturated rings. The summed E-state index contributed by atoms with van der Waals surface area (Å²) in [5, 5.41) is 9.83. The molecule has 0 saturated carbocycles. The highest BCUT2D eigenvalue weighted by Gasteiger charge is 2.05. The molecule has 2 aromatic rings. The van der Waals surface area contributed by atoms with Crippen molar-refractivity contribution >= 4 is 17.3 Å². The average Bonchev–Trinajstić information content (AvgIpc) is 3.01. The molecule has 2 N–H and O–H groups in total. The quantitative estimate of drug-likeness (QED) is 0.634. The van der Waals surface area contributed by atoms with Gasteiger partial charge in [-0.3, -0.25) is 0 Å². The van der Waals surface area contributed by atoms with Gasteiger partial charge in [0, 0.05) is 30.5 Å². The molecule has 6 heteroatoms. The van der Waals surface area contributed by atoms with Crippen molar-refractivity contribution in [3.8, 4) is 0 Å². The fourth-order valence-corrected chi connectivity index (χ4v) is 2.83. The number of aliphatic imine (C=N–C) groups is 1. The highest BCUT2D eigenvalue weighted by Crippen LogP contribution is 2.14. The first-order valence-electron chi connectivity index (χ1n) is 7.57. The van der Waals surface area contributed by atoms with E-state index in [0.29, 0.717) is 6.54 Å². The molecule has 2 aromatic heterocycles. The number of nitrogens with zero attached hydrogens (tertiary/aromatic N) is 2. The van der Waals surface area contributed by atoms with Gasteiger partial charge in [0.1, 0.15) is 11.5 Å². The highest BCUT2D eigenvalue weighted by atomic mass is 32.1. The molecule has 5 nitrogen and oxygen atoms in total. The second kappa shape index (κ2) is 7.98. The third kappa shape index (κ3) is 4.87. The Hall–Kier alpha value is -1.82. The third-order valence-corrected chi connectivity index (χ3v) is 4.06. The summed E-state index contributed by atoms with van der Waals surface area (Å²) in [7, 11) is 0. The van der Waals surface area contributed by atoms with Gasteiger partial charge in [-0.1, -0.05) is 0 Å². The Balaban J connectivity index is 1.88. The molecular weight excluding hydrogens is 296 g/mol. The molecule has 120 valence electrons. The van der Waals surface area contributed by atoms with Crippen LogP contribution in [0.4, 0.5) is 0 Å². The first kappa shape index (κ1) is 16.5. The molecule has 0 saturated heterocycles. The van der Waals surface area contributed by atoms with E-state index in [-0.39, 0.29) is 0 Å². The first-order chi connectivity index (χ1) is 10.6. The topological polar surface area (TPSA) is 62.5 Å². The summed E-state index contributed by atoms with van der Waals surface area (Å²) in [6.07, 6.45) is 0.901. The zero-order valence-electron chi connectivity index (χ0n) is 13.7. The van der Waals surface area contributed by atoms with Crippen LogP contribution < -0.4 is 10.6 Å². The van der Waals surface area contributed by atoms with Gasteiger partial charge in [-0.05, 0) is 33.8 Å². The number of hydrogen-bond acceptors (Lipinski definition) is 4. The monoisotopic (exact) mass is 320 g/mol. The van der Waals surface area contributed by atoms with Crippen molar-refractivity contribution in [1.82, 2.24) is 15.6 Å². The predicted molar refractivity (Wildman–Crippen MR) is 91.6 cm³/mol. The zero-order chi connectivity index (χ0) is 15.9. The smallest absolute Gasteiger partial charge is 0.191 e. The van der Waals surface area contributed by atoms with Crippen LogP contribution in [0.2, 0.25) is 0 Å². The fraction of sp³-hybridized carbons (Fsp3) is 0.500. The maximum Gasteiger partial charge on any atom is 0.191 e. The van der Waals surface area contributed by atoms with Gasteiger partial charge in [0.05, 0.1) is 17.2 Å². The summed E-state index contributed by atoms with van der Waals surface area (Å²) in [4.78, 5) is 9.08. The van der Waals surface area contributed by atoms with Crippen LogP contribution in [0, 0.1) is 20.8 Å². The Labute approximate surface area is 135 Å². The van der Waals surface area contributed by atoms with E-state index in [1.54, 1.807) is 11.3 Å². The summed E-state index contributed by atoms with van der Waals surface area (Å²) in [6.45, 7) is 10.3. The normalized spacial score (nSPS) is 11.7. The highest BCUT2D eigenvalue weighted by molar-refractivity contribution is 7.09. The molecule has 0 amide bonds. The molecule has 0 aromatic carbocycles. The van der Waals surface area contributed by atoms with E-state index >= 15 is 0 Å². The van der Waals surface area contributed by atoms with Crippen LogP contribution >= 0.6 is 11.3 Å². The van der Waals surface area contributed by atoms with E-state index in [9.17, 15) is 0 Å². The van der Waals surface area contributed by atoms with Crippen LogP contribution in [0.5, 0.6) is 0 Å². The minimum Gasteiger partial charge on any atom is -0.466 e. The Morgan fingerprint density at radius 2 is 2.14 bits per heavy atom. The summed E-state index contributed by atoms with van der Waals surface area (Å²) in [5.41, 5.74) is 2.26. The summed E-state index contributed by atoms with van der Waals surface area (Å²) >= 11 is 1.69. The molecule has 0 aliphatic heterocycles. The summed E-state index contributed by atoms with van der Waals surface area (Å²) < 4.78 is 5.53. The van der Waals surface area contributed by atoms with Crippen LogP contribution in [0.3, 0.4) is 0 Å². The van der Waals surface area contributed by atoms with Gasteiger partial charge in [0.15, 0.2) is 5.96 Å². The standard InChI is InChI=1S/C16H24N4OS/c1-5-17-16(18-7-6-15-10-22-13(4)20-15)19-9-14-8-11(2)21-12(14)3/h8,10H,5-7,9H2,1-4H3,(H2,17,18,19). The van der Waals surface area contributed by atoms with Gasteiger partial charge in [0.25, 0.3) is 0 Å². The van der Waals surface area contributed by atoms with E-state index < -0.39 is 0 Å². The van der Waals surface area contributed by atoms with Gasteiger partial charge in [-0.2, -0.15) is 0 Å². The summed E-state index contributed by atoms with van der Waals surface area (Å²) in [5.74, 6) is 2.70. The number of thiazole rings is 1. The largest absolute Gasteiger partial charge is 0.466 e. The lowest BCUT2D eigenvalue weighted by molar-refractivity contribution is 0.501. The number of rotatable bonds is 6. The zero-order valence-corrected chi connectivity index (χ0v) is 14.5. The molecule has 0 unspecified atom stereocenters. The average molecular weight is 320 g/mol. The molecule has 2 rings (SSSR count). The van der Waals surface area contributed by atoms with Crippen LogP contribution in [0.25, 0.3) is 0 Å². The number of aryl methyl sites for hydroxylation is 3. The Kier molecular flexibility index (Phi) is 6.00. The molecule has 0 aliphatic carbocycles. The lowest BCUT2D eigenvalue weighted by Gasteiger charge is -2.10. The maximum atomic E-state index is 5.53. The number of nitrogens with one attached hydrogen (secondary N) is 2. The van der Waals surface area contributed by atoms with Crippen molar-refractivity contribution in [2.24, 2.45) is 4.99 Å². The summed E-state index contributed by atoms with van der Waals surface area (Å²) in [6, 6.07) is 2.04. The van der Waals surface area contributed by atoms with Crippen molar-refractivity contribution in [2.75, 3.05) is 13.1 Å². The third-order valence-electron chi connectivity index (χ3n) is 3.24. The van der Waals surface area contributed by atoms with Crippen molar-refractivity contribution in [3.63, 3.8) is 0 Å². The molecular formula is C16H24N4OS. The molecule has 0 spiro atoms. The number of aromatic nitrogens is 1. The Morgan fingerprint density at radius 3 is 2.73 bits per heavy atom. The van der Waals surface area contributed by atoms with E-state index in [1.165, 1.54) is 0 Å². The van der Waals surface area contributed by atoms with Crippen molar-refractivity contribution in [1.29, 1.82) is 0 Å². The maximum absolute atomic E-state index is 5.53. The van der Waals surface area contributed by atoms with E-state index in [0.717, 1.165) is 53.3 Å². The minimum absolute atomic E-state index is 0.619. The molecule has 22 heavy (non-hydrogen) atoms. The number of hydrogen-bond donors (Lipinski definition) is 2. The van der Waals surface area contributed by atoms with Crippen molar-refractivity contribution in [3.05, 3.63) is 39.2 Å². The van der Waals surface area contributed by atoms with E-state index in [4.69, 9.17) is 4.42 Å². The number of guanidine groups is 1. The van der Waals surface area contributed by atoms with E-state index in [1.807, 2.05) is 26.8 Å². The molecule has 2 heterocycles. The second-order valence-electron chi connectivity index (χ2n) is 5.17. The van der Waals surface area contributed by atoms with Crippen molar-refractivity contribution in [2.45, 2.75) is 40.7 Å². The van der Waals surface area contributed by atoms with E-state index in [2.05, 4.69) is 32.9 Å². The van der Waals surface area contributed by atoms with Gasteiger partial charge in [-0.15, -0.1) is 11.3 Å². The van der Waals surface area contributed by atoms with Crippen molar-refractivity contribution < 1.29 is 4.42 Å². The predicted octanol–water partition coefficient (Wildman–Crippen LogP) is 2.96. The first-order valence-corrected chi connectivity index (χ1v) is 8.45. The second-order valence-corrected chi connectivity index (χ2v) is 6.23. The Morgan fingerprint density at radius 1 is 1.32 bits per heavy atom. The van der Waals surface area contributed by atoms with Crippen LogP contribution in [-0.4, -0.2) is 24.0 Å². The Bertz CT molecular complexity index is 630. The molecule has 0 aliphatic rings. The minimum atomic E-state index is 0.619. The number of furan rings is 1. The molecule has 0 bridgehead atoms. The SMILES string of the molecule is CCNC(=NCc1cc(C)oc1C)NCCc1csc(C)n1. The lowest BCUT2D eigenvalue weighted by atomic mass is 10.2. The van der Waals surface area contributed by atoms with Gasteiger partial charge < -0.3 is 15.1 Å². The van der Waals surface area contributed by atoms with Crippen LogP contribution in [0.15, 0.2) is 20.9 Å². The van der Waals surface area contributed by atoms with Gasteiger partial charge in [-0.25, -0.2) is 9.98 Å². The van der Waals surface area contributed by atoms with Gasteiger partial charge in [0.2, 0.25) is 0 Å².